The summed E-state index contributed by atoms with van der Waals surface area (Å²) in [6.07, 6.45) is 1.72. The van der Waals surface area contributed by atoms with E-state index in [-0.39, 0.29) is 11.9 Å². The molecule has 0 spiro atoms. The first-order chi connectivity index (χ1) is 7.13. The number of esters is 1. The summed E-state index contributed by atoms with van der Waals surface area (Å²) in [5.41, 5.74) is 0. The third-order valence-corrected chi connectivity index (χ3v) is 3.03. The Hall–Kier alpha value is -1.10. The summed E-state index contributed by atoms with van der Waals surface area (Å²) >= 11 is 1.53. The van der Waals surface area contributed by atoms with E-state index in [2.05, 4.69) is 14.7 Å². The predicted molar refractivity (Wildman–Crippen MR) is 58.7 cm³/mol. The number of carbonyl (C=O) groups is 1. The van der Waals surface area contributed by atoms with Crippen LogP contribution in [0.3, 0.4) is 0 Å². The Kier molecular flexibility index (Phi) is 4.55. The molecule has 0 amide bonds. The van der Waals surface area contributed by atoms with Crippen LogP contribution in [0.5, 0.6) is 0 Å². The second-order valence-corrected chi connectivity index (χ2v) is 4.22. The predicted octanol–water partition coefficient (Wildman–Crippen LogP) is 1.69. The lowest BCUT2D eigenvalue weighted by molar-refractivity contribution is -0.143. The Morgan fingerprint density at radius 1 is 1.67 bits per heavy atom. The van der Waals surface area contributed by atoms with E-state index in [9.17, 15) is 4.79 Å². The molecule has 0 N–H and O–H groups in total. The van der Waals surface area contributed by atoms with E-state index in [4.69, 9.17) is 0 Å². The number of rotatable bonds is 4. The highest BCUT2D eigenvalue weighted by Crippen LogP contribution is 2.18. The number of aromatic nitrogens is 2. The SMILES string of the molecule is COC(=O)C(C)CSc1ccnc(C)n1. The van der Waals surface area contributed by atoms with E-state index in [0.29, 0.717) is 5.75 Å². The van der Waals surface area contributed by atoms with Gasteiger partial charge < -0.3 is 4.74 Å². The van der Waals surface area contributed by atoms with Crippen LogP contribution in [-0.2, 0) is 9.53 Å². The molecule has 1 aromatic heterocycles. The Balaban J connectivity index is 2.47. The van der Waals surface area contributed by atoms with Crippen molar-refractivity contribution >= 4 is 17.7 Å². The highest BCUT2D eigenvalue weighted by atomic mass is 32.2. The van der Waals surface area contributed by atoms with Gasteiger partial charge in [0.2, 0.25) is 0 Å². The molecule has 1 heterocycles. The number of aryl methyl sites for hydroxylation is 1. The summed E-state index contributed by atoms with van der Waals surface area (Å²) in [7, 11) is 1.40. The third kappa shape index (κ3) is 3.87. The van der Waals surface area contributed by atoms with Gasteiger partial charge in [0.1, 0.15) is 5.82 Å². The number of methoxy groups -OCH3 is 1. The molecule has 0 aliphatic carbocycles. The zero-order valence-corrected chi connectivity index (χ0v) is 9.87. The second-order valence-electron chi connectivity index (χ2n) is 3.18. The molecular formula is C10H14N2O2S. The highest BCUT2D eigenvalue weighted by molar-refractivity contribution is 7.99. The summed E-state index contributed by atoms with van der Waals surface area (Å²) in [6.45, 7) is 3.68. The zero-order chi connectivity index (χ0) is 11.3. The number of thioether (sulfide) groups is 1. The van der Waals surface area contributed by atoms with Crippen LogP contribution >= 0.6 is 11.8 Å². The van der Waals surface area contributed by atoms with Crippen LogP contribution in [0.1, 0.15) is 12.7 Å². The van der Waals surface area contributed by atoms with Crippen molar-refractivity contribution in [1.29, 1.82) is 0 Å². The van der Waals surface area contributed by atoms with Crippen molar-refractivity contribution in [3.63, 3.8) is 0 Å². The quantitative estimate of drug-likeness (QED) is 0.444. The maximum absolute atomic E-state index is 11.1. The second kappa shape index (κ2) is 5.70. The minimum atomic E-state index is -0.187. The molecule has 4 nitrogen and oxygen atoms in total. The van der Waals surface area contributed by atoms with Gasteiger partial charge >= 0.3 is 5.97 Å². The molecule has 0 aromatic carbocycles. The lowest BCUT2D eigenvalue weighted by Gasteiger charge is -2.07. The third-order valence-electron chi connectivity index (χ3n) is 1.84. The number of carbonyl (C=O) groups excluding carboxylic acids is 1. The van der Waals surface area contributed by atoms with Gasteiger partial charge in [0.15, 0.2) is 0 Å². The Labute approximate surface area is 93.5 Å². The molecular weight excluding hydrogens is 212 g/mol. The first-order valence-electron chi connectivity index (χ1n) is 4.63. The van der Waals surface area contributed by atoms with E-state index in [0.717, 1.165) is 10.9 Å². The largest absolute Gasteiger partial charge is 0.469 e. The van der Waals surface area contributed by atoms with Crippen LogP contribution in [0.4, 0.5) is 0 Å². The summed E-state index contributed by atoms with van der Waals surface area (Å²) in [5, 5.41) is 0.887. The van der Waals surface area contributed by atoms with Gasteiger partial charge in [-0.2, -0.15) is 0 Å². The molecule has 0 bridgehead atoms. The molecule has 0 aliphatic heterocycles. The first-order valence-corrected chi connectivity index (χ1v) is 5.62. The highest BCUT2D eigenvalue weighted by Gasteiger charge is 2.13. The number of hydrogen-bond acceptors (Lipinski definition) is 5. The lowest BCUT2D eigenvalue weighted by atomic mass is 10.2. The smallest absolute Gasteiger partial charge is 0.309 e. The standard InChI is InChI=1S/C10H14N2O2S/c1-7(10(13)14-3)6-15-9-4-5-11-8(2)12-9/h4-5,7H,6H2,1-3H3. The molecule has 0 saturated heterocycles. The van der Waals surface area contributed by atoms with Crippen LogP contribution in [0.25, 0.3) is 0 Å². The van der Waals surface area contributed by atoms with Gasteiger partial charge in [-0.25, -0.2) is 9.97 Å². The Bertz CT molecular complexity index is 344. The molecule has 0 radical (unpaired) electrons. The molecule has 0 aliphatic rings. The van der Waals surface area contributed by atoms with Crippen molar-refractivity contribution < 1.29 is 9.53 Å². The average molecular weight is 226 g/mol. The average Bonchev–Trinajstić information content (AvgIpc) is 2.25. The monoisotopic (exact) mass is 226 g/mol. The van der Waals surface area contributed by atoms with Gasteiger partial charge in [0, 0.05) is 11.9 Å². The van der Waals surface area contributed by atoms with E-state index < -0.39 is 0 Å². The summed E-state index contributed by atoms with van der Waals surface area (Å²) < 4.78 is 4.64. The van der Waals surface area contributed by atoms with Crippen molar-refractivity contribution in [2.24, 2.45) is 5.92 Å². The maximum atomic E-state index is 11.1. The van der Waals surface area contributed by atoms with Crippen molar-refractivity contribution in [3.05, 3.63) is 18.1 Å². The van der Waals surface area contributed by atoms with Crippen LogP contribution in [0.2, 0.25) is 0 Å². The molecule has 82 valence electrons. The van der Waals surface area contributed by atoms with Crippen LogP contribution in [0.15, 0.2) is 17.3 Å². The fraction of sp³-hybridized carbons (Fsp3) is 0.500. The fourth-order valence-corrected chi connectivity index (χ4v) is 1.91. The summed E-state index contributed by atoms with van der Waals surface area (Å²) in [4.78, 5) is 19.4. The summed E-state index contributed by atoms with van der Waals surface area (Å²) in [5.74, 6) is 1.11. The maximum Gasteiger partial charge on any atom is 0.309 e. The van der Waals surface area contributed by atoms with Crippen molar-refractivity contribution in [3.8, 4) is 0 Å². The first kappa shape index (κ1) is 12.0. The molecule has 1 aromatic rings. The van der Waals surface area contributed by atoms with E-state index >= 15 is 0 Å². The minimum absolute atomic E-state index is 0.115. The van der Waals surface area contributed by atoms with Crippen LogP contribution < -0.4 is 0 Å². The molecule has 15 heavy (non-hydrogen) atoms. The lowest BCUT2D eigenvalue weighted by Crippen LogP contribution is -2.14. The Morgan fingerprint density at radius 2 is 2.40 bits per heavy atom. The van der Waals surface area contributed by atoms with E-state index in [1.54, 1.807) is 6.20 Å². The Morgan fingerprint density at radius 3 is 3.00 bits per heavy atom. The minimum Gasteiger partial charge on any atom is -0.469 e. The van der Waals surface area contributed by atoms with Crippen LogP contribution in [-0.4, -0.2) is 28.8 Å². The fourth-order valence-electron chi connectivity index (χ4n) is 0.995. The number of nitrogens with zero attached hydrogens (tertiary/aromatic N) is 2. The molecule has 1 unspecified atom stereocenters. The molecule has 0 fully saturated rings. The van der Waals surface area contributed by atoms with Gasteiger partial charge in [-0.1, -0.05) is 6.92 Å². The van der Waals surface area contributed by atoms with Gasteiger partial charge in [0.25, 0.3) is 0 Å². The van der Waals surface area contributed by atoms with E-state index in [1.165, 1.54) is 18.9 Å². The molecule has 1 atom stereocenters. The normalized spacial score (nSPS) is 12.2. The van der Waals surface area contributed by atoms with Gasteiger partial charge in [-0.05, 0) is 13.0 Å². The van der Waals surface area contributed by atoms with Gasteiger partial charge in [-0.3, -0.25) is 4.79 Å². The topological polar surface area (TPSA) is 52.1 Å². The summed E-state index contributed by atoms with van der Waals surface area (Å²) in [6, 6.07) is 1.83. The van der Waals surface area contributed by atoms with Crippen molar-refractivity contribution in [2.75, 3.05) is 12.9 Å². The number of ether oxygens (including phenoxy) is 1. The molecule has 5 heteroatoms. The van der Waals surface area contributed by atoms with E-state index in [1.807, 2.05) is 19.9 Å². The van der Waals surface area contributed by atoms with Crippen molar-refractivity contribution in [1.82, 2.24) is 9.97 Å². The van der Waals surface area contributed by atoms with Crippen LogP contribution in [0, 0.1) is 12.8 Å². The molecule has 0 saturated carbocycles. The zero-order valence-electron chi connectivity index (χ0n) is 9.06. The van der Waals surface area contributed by atoms with Crippen molar-refractivity contribution in [2.45, 2.75) is 18.9 Å². The number of hydrogen-bond donors (Lipinski definition) is 0. The molecule has 1 rings (SSSR count). The van der Waals surface area contributed by atoms with Gasteiger partial charge in [0.05, 0.1) is 18.1 Å². The van der Waals surface area contributed by atoms with Gasteiger partial charge in [-0.15, -0.1) is 11.8 Å².